The number of carbonyl (C=O) groups is 2. The molecule has 25 heavy (non-hydrogen) atoms. The van der Waals surface area contributed by atoms with Crippen LogP contribution < -0.4 is 16.4 Å². The molecule has 3 N–H and O–H groups in total. The molecule has 0 spiro atoms. The molecule has 2 heterocycles. The highest BCUT2D eigenvalue weighted by molar-refractivity contribution is 5.98. The van der Waals surface area contributed by atoms with E-state index in [-0.39, 0.29) is 24.6 Å². The quantitative estimate of drug-likeness (QED) is 0.623. The van der Waals surface area contributed by atoms with E-state index in [0.717, 1.165) is 4.80 Å². The van der Waals surface area contributed by atoms with Gasteiger partial charge in [0, 0.05) is 0 Å². The lowest BCUT2D eigenvalue weighted by Crippen LogP contribution is -2.20. The fraction of sp³-hybridized carbons (Fsp3) is 0.214. The van der Waals surface area contributed by atoms with Crippen LogP contribution in [0.15, 0.2) is 33.6 Å². The van der Waals surface area contributed by atoms with E-state index in [1.165, 1.54) is 6.20 Å². The Morgan fingerprint density at radius 1 is 1.36 bits per heavy atom. The molecular formula is C14H14N6O5. The minimum Gasteiger partial charge on any atom is -0.450 e. The van der Waals surface area contributed by atoms with E-state index in [9.17, 15) is 14.4 Å². The number of para-hydroxylation sites is 1. The molecule has 0 aliphatic heterocycles. The van der Waals surface area contributed by atoms with Crippen molar-refractivity contribution in [2.45, 2.75) is 13.5 Å². The standard InChI is InChI=1S/C14H14N6O5/c1-2-24-13(22)18-10-6-15-20(19-10)7-11(21)16-8-4-3-5-9-12(8)25-14(23)17-9/h3-6H,2,7H2,1H3,(H,16,21)(H,17,23)(H,18,19,22). The second-order valence-corrected chi connectivity index (χ2v) is 4.85. The van der Waals surface area contributed by atoms with E-state index >= 15 is 0 Å². The van der Waals surface area contributed by atoms with Crippen LogP contribution in [0.1, 0.15) is 6.92 Å². The summed E-state index contributed by atoms with van der Waals surface area (Å²) in [7, 11) is 0. The summed E-state index contributed by atoms with van der Waals surface area (Å²) in [5.74, 6) is -0.889. The summed E-state index contributed by atoms with van der Waals surface area (Å²) in [6.45, 7) is 1.70. The number of H-pyrrole nitrogens is 1. The molecule has 0 fully saturated rings. The maximum atomic E-state index is 12.1. The van der Waals surface area contributed by atoms with Crippen molar-refractivity contribution in [1.29, 1.82) is 0 Å². The van der Waals surface area contributed by atoms with Crippen LogP contribution in [0.25, 0.3) is 11.1 Å². The number of aromatic nitrogens is 4. The first-order valence-corrected chi connectivity index (χ1v) is 7.30. The molecule has 11 nitrogen and oxygen atoms in total. The molecule has 0 unspecified atom stereocenters. The number of rotatable bonds is 5. The zero-order valence-corrected chi connectivity index (χ0v) is 13.1. The van der Waals surface area contributed by atoms with Gasteiger partial charge >= 0.3 is 11.8 Å². The highest BCUT2D eigenvalue weighted by Gasteiger charge is 2.12. The minimum atomic E-state index is -0.659. The van der Waals surface area contributed by atoms with E-state index in [0.29, 0.717) is 11.2 Å². The number of nitrogens with one attached hydrogen (secondary N) is 3. The number of nitrogens with zero attached hydrogens (tertiary/aromatic N) is 3. The molecule has 11 heteroatoms. The van der Waals surface area contributed by atoms with Gasteiger partial charge < -0.3 is 14.5 Å². The number of fused-ring (bicyclic) bond motifs is 1. The Morgan fingerprint density at radius 2 is 2.20 bits per heavy atom. The van der Waals surface area contributed by atoms with E-state index < -0.39 is 17.8 Å². The molecule has 0 saturated heterocycles. The van der Waals surface area contributed by atoms with Gasteiger partial charge in [0.05, 0.1) is 24.0 Å². The zero-order valence-electron chi connectivity index (χ0n) is 13.1. The smallest absolute Gasteiger partial charge is 0.417 e. The third kappa shape index (κ3) is 3.83. The summed E-state index contributed by atoms with van der Waals surface area (Å²) in [6, 6.07) is 4.91. The van der Waals surface area contributed by atoms with Gasteiger partial charge in [0.25, 0.3) is 0 Å². The second-order valence-electron chi connectivity index (χ2n) is 4.85. The van der Waals surface area contributed by atoms with Crippen molar-refractivity contribution in [3.8, 4) is 0 Å². The number of anilines is 2. The number of benzene rings is 1. The number of carbonyl (C=O) groups excluding carboxylic acids is 2. The Hall–Kier alpha value is -3.63. The van der Waals surface area contributed by atoms with Gasteiger partial charge in [-0.25, -0.2) is 9.59 Å². The monoisotopic (exact) mass is 346 g/mol. The van der Waals surface area contributed by atoms with Gasteiger partial charge in [0.2, 0.25) is 5.91 Å². The average molecular weight is 346 g/mol. The van der Waals surface area contributed by atoms with Crippen LogP contribution in [0.4, 0.5) is 16.3 Å². The van der Waals surface area contributed by atoms with E-state index in [4.69, 9.17) is 9.15 Å². The van der Waals surface area contributed by atoms with Crippen molar-refractivity contribution in [3.63, 3.8) is 0 Å². The van der Waals surface area contributed by atoms with E-state index in [1.807, 2.05) is 0 Å². The molecule has 1 aromatic carbocycles. The highest BCUT2D eigenvalue weighted by Crippen LogP contribution is 2.20. The molecule has 2 amide bonds. The Kier molecular flexibility index (Phi) is 4.46. The van der Waals surface area contributed by atoms with Gasteiger partial charge in [0.1, 0.15) is 6.54 Å². The van der Waals surface area contributed by atoms with E-state index in [2.05, 4.69) is 25.8 Å². The van der Waals surface area contributed by atoms with Gasteiger partial charge in [-0.1, -0.05) is 6.07 Å². The molecule has 0 saturated carbocycles. The Labute approximate surface area is 140 Å². The Balaban J connectivity index is 1.65. The van der Waals surface area contributed by atoms with Gasteiger partial charge in [-0.2, -0.15) is 9.90 Å². The fourth-order valence-electron chi connectivity index (χ4n) is 2.09. The van der Waals surface area contributed by atoms with Crippen molar-refractivity contribution in [2.24, 2.45) is 0 Å². The summed E-state index contributed by atoms with van der Waals surface area (Å²) >= 11 is 0. The maximum absolute atomic E-state index is 12.1. The largest absolute Gasteiger partial charge is 0.450 e. The number of aromatic amines is 1. The lowest BCUT2D eigenvalue weighted by atomic mass is 10.3. The summed E-state index contributed by atoms with van der Waals surface area (Å²) in [4.78, 5) is 38.2. The van der Waals surface area contributed by atoms with Crippen molar-refractivity contribution in [1.82, 2.24) is 20.0 Å². The van der Waals surface area contributed by atoms with Crippen LogP contribution in [0, 0.1) is 0 Å². The maximum Gasteiger partial charge on any atom is 0.417 e. The van der Waals surface area contributed by atoms with Crippen LogP contribution in [0.2, 0.25) is 0 Å². The molecule has 0 atom stereocenters. The number of oxazole rings is 1. The first-order chi connectivity index (χ1) is 12.0. The minimum absolute atomic E-state index is 0.157. The van der Waals surface area contributed by atoms with Crippen molar-refractivity contribution < 1.29 is 18.7 Å². The Bertz CT molecular complexity index is 971. The van der Waals surface area contributed by atoms with Crippen LogP contribution in [0.5, 0.6) is 0 Å². The van der Waals surface area contributed by atoms with Crippen LogP contribution in [0.3, 0.4) is 0 Å². The SMILES string of the molecule is CCOC(=O)Nc1cnn(CC(=O)Nc2cccc3[nH]c(=O)oc23)n1. The molecule has 3 rings (SSSR count). The fourth-order valence-corrected chi connectivity index (χ4v) is 2.09. The van der Waals surface area contributed by atoms with Crippen LogP contribution in [-0.2, 0) is 16.1 Å². The van der Waals surface area contributed by atoms with Crippen molar-refractivity contribution in [2.75, 3.05) is 17.2 Å². The molecule has 3 aromatic rings. The van der Waals surface area contributed by atoms with Crippen molar-refractivity contribution in [3.05, 3.63) is 34.9 Å². The van der Waals surface area contributed by atoms with Crippen LogP contribution in [-0.4, -0.2) is 38.6 Å². The number of hydrogen-bond donors (Lipinski definition) is 3. The molecule has 0 aliphatic rings. The Morgan fingerprint density at radius 3 is 3.00 bits per heavy atom. The van der Waals surface area contributed by atoms with Crippen LogP contribution >= 0.6 is 0 Å². The third-order valence-electron chi connectivity index (χ3n) is 3.05. The summed E-state index contributed by atoms with van der Waals surface area (Å²) in [5, 5.41) is 12.8. The second kappa shape index (κ2) is 6.86. The lowest BCUT2D eigenvalue weighted by Gasteiger charge is -2.04. The molecule has 0 radical (unpaired) electrons. The van der Waals surface area contributed by atoms with Gasteiger partial charge in [-0.05, 0) is 19.1 Å². The highest BCUT2D eigenvalue weighted by atomic mass is 16.5. The first kappa shape index (κ1) is 16.2. The number of hydrogen-bond acceptors (Lipinski definition) is 7. The molecule has 0 bridgehead atoms. The zero-order chi connectivity index (χ0) is 17.8. The molecule has 130 valence electrons. The topological polar surface area (TPSA) is 144 Å². The lowest BCUT2D eigenvalue weighted by molar-refractivity contribution is -0.117. The van der Waals surface area contributed by atoms with E-state index in [1.54, 1.807) is 25.1 Å². The summed E-state index contributed by atoms with van der Waals surface area (Å²) < 4.78 is 9.71. The predicted molar refractivity (Wildman–Crippen MR) is 86.1 cm³/mol. The molecule has 0 aliphatic carbocycles. The van der Waals surface area contributed by atoms with Gasteiger partial charge in [-0.15, -0.1) is 5.10 Å². The molecule has 2 aromatic heterocycles. The number of amides is 2. The summed E-state index contributed by atoms with van der Waals surface area (Å²) in [6.07, 6.45) is 0.629. The molecular weight excluding hydrogens is 332 g/mol. The normalized spacial score (nSPS) is 10.6. The van der Waals surface area contributed by atoms with Crippen molar-refractivity contribution >= 4 is 34.6 Å². The van der Waals surface area contributed by atoms with Gasteiger partial charge in [0.15, 0.2) is 11.4 Å². The summed E-state index contributed by atoms with van der Waals surface area (Å²) in [5.41, 5.74) is 1.07. The van der Waals surface area contributed by atoms with Gasteiger partial charge in [-0.3, -0.25) is 15.1 Å². The third-order valence-corrected chi connectivity index (χ3v) is 3.05. The average Bonchev–Trinajstić information content (AvgIpc) is 3.13. The number of ether oxygens (including phenoxy) is 1. The first-order valence-electron chi connectivity index (χ1n) is 7.30. The predicted octanol–water partition coefficient (Wildman–Crippen LogP) is 0.920.